The van der Waals surface area contributed by atoms with Gasteiger partial charge < -0.3 is 9.47 Å². The van der Waals surface area contributed by atoms with Crippen molar-refractivity contribution in [3.63, 3.8) is 0 Å². The molecule has 2 aromatic rings. The number of rotatable bonds is 5. The van der Waals surface area contributed by atoms with Crippen molar-refractivity contribution >= 4 is 16.7 Å². The second-order valence-corrected chi connectivity index (χ2v) is 6.80. The molecular formula is C22H26N2O. The van der Waals surface area contributed by atoms with Crippen molar-refractivity contribution in [1.29, 1.82) is 0 Å². The lowest BCUT2D eigenvalue weighted by atomic mass is 10.0. The van der Waals surface area contributed by atoms with E-state index in [0.29, 0.717) is 12.1 Å². The lowest BCUT2D eigenvalue weighted by Crippen LogP contribution is -2.28. The molecule has 0 N–H and O–H groups in total. The zero-order chi connectivity index (χ0) is 18.0. The number of ketones is 1. The van der Waals surface area contributed by atoms with Gasteiger partial charge in [0.1, 0.15) is 0 Å². The fourth-order valence-corrected chi connectivity index (χ4v) is 3.66. The summed E-state index contributed by atoms with van der Waals surface area (Å²) in [6, 6.07) is 6.54. The van der Waals surface area contributed by atoms with Crippen LogP contribution >= 0.6 is 0 Å². The van der Waals surface area contributed by atoms with Gasteiger partial charge in [0, 0.05) is 41.7 Å². The predicted octanol–water partition coefficient (Wildman–Crippen LogP) is 4.20. The van der Waals surface area contributed by atoms with Crippen molar-refractivity contribution in [2.24, 2.45) is 0 Å². The molecule has 1 aliphatic heterocycles. The second-order valence-electron chi connectivity index (χ2n) is 6.80. The number of fused-ring (bicyclic) bond motifs is 3. The van der Waals surface area contributed by atoms with Crippen molar-refractivity contribution in [2.75, 3.05) is 13.6 Å². The lowest BCUT2D eigenvalue weighted by molar-refractivity contribution is -0.115. The van der Waals surface area contributed by atoms with Gasteiger partial charge in [0.15, 0.2) is 5.78 Å². The molecule has 3 rings (SSSR count). The van der Waals surface area contributed by atoms with Gasteiger partial charge in [0.05, 0.1) is 6.54 Å². The molecule has 2 heterocycles. The third kappa shape index (κ3) is 3.38. The van der Waals surface area contributed by atoms with Gasteiger partial charge >= 0.3 is 0 Å². The molecule has 0 radical (unpaired) electrons. The van der Waals surface area contributed by atoms with Crippen LogP contribution in [0.5, 0.6) is 0 Å². The summed E-state index contributed by atoms with van der Waals surface area (Å²) in [6.07, 6.45) is 8.21. The molecule has 0 amide bonds. The van der Waals surface area contributed by atoms with Gasteiger partial charge in [-0.25, -0.2) is 0 Å². The van der Waals surface area contributed by atoms with Crippen LogP contribution in [0.4, 0.5) is 0 Å². The number of Topliss-reactive ketones (excluding diaryl/α,β-unsaturated/α-hetero) is 1. The van der Waals surface area contributed by atoms with Crippen molar-refractivity contribution in [3.05, 3.63) is 71.5 Å². The number of hydrogen-bond donors (Lipinski definition) is 0. The zero-order valence-corrected chi connectivity index (χ0v) is 15.4. The van der Waals surface area contributed by atoms with E-state index in [1.165, 1.54) is 22.2 Å². The summed E-state index contributed by atoms with van der Waals surface area (Å²) in [4.78, 5) is 15.2. The Morgan fingerprint density at radius 1 is 1.36 bits per heavy atom. The SMILES string of the molecule is C=C/C=C(\C=C/C)C(=O)Cn1c2c(c3cc(C)ccc31)CN(C)CC2. The fraction of sp³-hybridized carbons (Fsp3) is 0.318. The summed E-state index contributed by atoms with van der Waals surface area (Å²) < 4.78 is 2.22. The van der Waals surface area contributed by atoms with Crippen LogP contribution in [-0.2, 0) is 24.3 Å². The normalized spacial score (nSPS) is 15.7. The van der Waals surface area contributed by atoms with E-state index in [9.17, 15) is 4.79 Å². The Morgan fingerprint density at radius 2 is 2.16 bits per heavy atom. The molecule has 0 saturated carbocycles. The first-order valence-corrected chi connectivity index (χ1v) is 8.83. The number of hydrogen-bond acceptors (Lipinski definition) is 2. The summed E-state index contributed by atoms with van der Waals surface area (Å²) in [5, 5.41) is 1.29. The van der Waals surface area contributed by atoms with Crippen molar-refractivity contribution < 1.29 is 4.79 Å². The average Bonchev–Trinajstić information content (AvgIpc) is 2.87. The van der Waals surface area contributed by atoms with Crippen molar-refractivity contribution in [3.8, 4) is 0 Å². The maximum atomic E-state index is 12.9. The van der Waals surface area contributed by atoms with E-state index in [0.717, 1.165) is 25.0 Å². The molecule has 3 heteroatoms. The molecular weight excluding hydrogens is 308 g/mol. The van der Waals surface area contributed by atoms with Gasteiger partial charge in [-0.2, -0.15) is 0 Å². The van der Waals surface area contributed by atoms with Gasteiger partial charge in [-0.05, 0) is 38.6 Å². The monoisotopic (exact) mass is 334 g/mol. The van der Waals surface area contributed by atoms with Gasteiger partial charge in [-0.1, -0.05) is 42.5 Å². The van der Waals surface area contributed by atoms with Crippen LogP contribution in [0.15, 0.2) is 54.7 Å². The fourth-order valence-electron chi connectivity index (χ4n) is 3.66. The average molecular weight is 334 g/mol. The van der Waals surface area contributed by atoms with Gasteiger partial charge in [0.2, 0.25) is 0 Å². The third-order valence-corrected chi connectivity index (χ3v) is 4.87. The highest BCUT2D eigenvalue weighted by Gasteiger charge is 2.23. The Bertz CT molecular complexity index is 883. The molecule has 0 unspecified atom stereocenters. The molecule has 1 aliphatic rings. The van der Waals surface area contributed by atoms with Crippen molar-refractivity contribution in [1.82, 2.24) is 9.47 Å². The molecule has 130 valence electrons. The minimum atomic E-state index is 0.122. The molecule has 0 spiro atoms. The smallest absolute Gasteiger partial charge is 0.182 e. The molecule has 0 aliphatic carbocycles. The highest BCUT2D eigenvalue weighted by molar-refractivity contribution is 5.99. The maximum absolute atomic E-state index is 12.9. The summed E-state index contributed by atoms with van der Waals surface area (Å²) in [5.74, 6) is 0.122. The Kier molecular flexibility index (Phi) is 5.05. The first-order chi connectivity index (χ1) is 12.0. The number of aromatic nitrogens is 1. The number of aryl methyl sites for hydroxylation is 1. The summed E-state index contributed by atoms with van der Waals surface area (Å²) >= 11 is 0. The predicted molar refractivity (Wildman–Crippen MR) is 105 cm³/mol. The van der Waals surface area contributed by atoms with Gasteiger partial charge in [-0.15, -0.1) is 0 Å². The maximum Gasteiger partial charge on any atom is 0.182 e. The summed E-state index contributed by atoms with van der Waals surface area (Å²) in [5.41, 5.74) is 5.81. The van der Waals surface area contributed by atoms with Crippen LogP contribution in [0.1, 0.15) is 23.7 Å². The summed E-state index contributed by atoms with van der Waals surface area (Å²) in [6.45, 7) is 10.1. The number of carbonyl (C=O) groups is 1. The van der Waals surface area contributed by atoms with Crippen LogP contribution in [0, 0.1) is 6.92 Å². The topological polar surface area (TPSA) is 25.2 Å². The number of likely N-dealkylation sites (N-methyl/N-ethyl adjacent to an activating group) is 1. The standard InChI is InChI=1S/C22H26N2O/c1-5-7-17(8-6-2)22(25)15-24-20-10-9-16(3)13-18(20)19-14-23(4)12-11-21(19)24/h5-10,13H,1,11-12,14-15H2,2-4H3/b8-6-,17-7+. The van der Waals surface area contributed by atoms with Crippen molar-refractivity contribution in [2.45, 2.75) is 33.4 Å². The van der Waals surface area contributed by atoms with E-state index in [-0.39, 0.29) is 5.78 Å². The van der Waals surface area contributed by atoms with E-state index in [1.807, 2.05) is 19.1 Å². The largest absolute Gasteiger partial charge is 0.336 e. The minimum Gasteiger partial charge on any atom is -0.336 e. The Hall–Kier alpha value is -2.39. The minimum absolute atomic E-state index is 0.122. The highest BCUT2D eigenvalue weighted by Crippen LogP contribution is 2.31. The molecule has 0 bridgehead atoms. The molecule has 0 saturated heterocycles. The van der Waals surface area contributed by atoms with E-state index in [4.69, 9.17) is 0 Å². The third-order valence-electron chi connectivity index (χ3n) is 4.87. The number of carbonyl (C=O) groups excluding carboxylic acids is 1. The number of benzene rings is 1. The van der Waals surface area contributed by atoms with Crippen LogP contribution in [-0.4, -0.2) is 28.8 Å². The van der Waals surface area contributed by atoms with E-state index >= 15 is 0 Å². The highest BCUT2D eigenvalue weighted by atomic mass is 16.1. The first kappa shape index (κ1) is 17.4. The quantitative estimate of drug-likeness (QED) is 0.605. The van der Waals surface area contributed by atoms with E-state index in [2.05, 4.69) is 48.2 Å². The van der Waals surface area contributed by atoms with Gasteiger partial charge in [0.25, 0.3) is 0 Å². The Labute approximate surface area is 149 Å². The van der Waals surface area contributed by atoms with E-state index < -0.39 is 0 Å². The van der Waals surface area contributed by atoms with Crippen LogP contribution in [0.2, 0.25) is 0 Å². The lowest BCUT2D eigenvalue weighted by Gasteiger charge is -2.24. The van der Waals surface area contributed by atoms with Crippen LogP contribution in [0.25, 0.3) is 10.9 Å². The molecule has 25 heavy (non-hydrogen) atoms. The molecule has 3 nitrogen and oxygen atoms in total. The number of allylic oxidation sites excluding steroid dienone is 5. The zero-order valence-electron chi connectivity index (χ0n) is 15.4. The second kappa shape index (κ2) is 7.24. The number of nitrogens with zero attached hydrogens (tertiary/aromatic N) is 2. The van der Waals surface area contributed by atoms with Crippen LogP contribution in [0.3, 0.4) is 0 Å². The summed E-state index contributed by atoms with van der Waals surface area (Å²) in [7, 11) is 2.16. The first-order valence-electron chi connectivity index (χ1n) is 8.83. The Morgan fingerprint density at radius 3 is 2.88 bits per heavy atom. The molecule has 0 fully saturated rings. The van der Waals surface area contributed by atoms with E-state index in [1.54, 1.807) is 12.2 Å². The van der Waals surface area contributed by atoms with Crippen LogP contribution < -0.4 is 0 Å². The molecule has 1 aromatic heterocycles. The molecule has 1 aromatic carbocycles. The Balaban J connectivity index is 2.09. The van der Waals surface area contributed by atoms with Gasteiger partial charge in [-0.3, -0.25) is 4.79 Å². The molecule has 0 atom stereocenters.